The summed E-state index contributed by atoms with van der Waals surface area (Å²) >= 11 is 5.95. The highest BCUT2D eigenvalue weighted by Crippen LogP contribution is 2.19. The highest BCUT2D eigenvalue weighted by Gasteiger charge is 2.07. The molecule has 0 atom stereocenters. The summed E-state index contributed by atoms with van der Waals surface area (Å²) in [6.45, 7) is 2.91. The summed E-state index contributed by atoms with van der Waals surface area (Å²) in [5, 5.41) is 4.51. The van der Waals surface area contributed by atoms with Gasteiger partial charge in [0.05, 0.1) is 11.9 Å². The van der Waals surface area contributed by atoms with E-state index < -0.39 is 0 Å². The summed E-state index contributed by atoms with van der Waals surface area (Å²) in [6, 6.07) is 1.72. The fourth-order valence-electron chi connectivity index (χ4n) is 1.42. The van der Waals surface area contributed by atoms with Crippen LogP contribution in [0.1, 0.15) is 12.7 Å². The maximum absolute atomic E-state index is 5.95. The van der Waals surface area contributed by atoms with Crippen LogP contribution in [0.25, 0.3) is 11.3 Å². The van der Waals surface area contributed by atoms with Gasteiger partial charge in [-0.1, -0.05) is 11.6 Å². The van der Waals surface area contributed by atoms with Crippen molar-refractivity contribution in [1.29, 1.82) is 0 Å². The molecule has 0 saturated carbocycles. The average molecular weight is 253 g/mol. The van der Waals surface area contributed by atoms with Crippen molar-refractivity contribution in [3.63, 3.8) is 0 Å². The molecular weight excluding hydrogens is 240 g/mol. The van der Waals surface area contributed by atoms with E-state index in [2.05, 4.69) is 15.1 Å². The fourth-order valence-corrected chi connectivity index (χ4v) is 1.62. The number of hydrogen-bond acceptors (Lipinski definition) is 4. The number of ether oxygens (including phenoxy) is 1. The first-order valence-corrected chi connectivity index (χ1v) is 5.67. The molecule has 0 amide bonds. The lowest BCUT2D eigenvalue weighted by Gasteiger charge is -2.03. The van der Waals surface area contributed by atoms with E-state index in [1.165, 1.54) is 0 Å². The molecule has 0 N–H and O–H groups in total. The zero-order chi connectivity index (χ0) is 12.3. The van der Waals surface area contributed by atoms with E-state index in [1.54, 1.807) is 16.9 Å². The van der Waals surface area contributed by atoms with Gasteiger partial charge in [-0.05, 0) is 6.92 Å². The zero-order valence-corrected chi connectivity index (χ0v) is 10.5. The molecule has 17 heavy (non-hydrogen) atoms. The maximum atomic E-state index is 5.95. The van der Waals surface area contributed by atoms with Gasteiger partial charge in [-0.15, -0.1) is 0 Å². The standard InChI is InChI=1S/C11H13ClN4O/c1-3-17-7-11-14-9(4-10(12)15-11)8-5-13-16(2)6-8/h4-6H,3,7H2,1-2H3. The molecule has 5 nitrogen and oxygen atoms in total. The SMILES string of the molecule is CCOCc1nc(Cl)cc(-c2cnn(C)c2)n1. The Morgan fingerprint density at radius 1 is 1.41 bits per heavy atom. The minimum absolute atomic E-state index is 0.365. The molecular formula is C11H13ClN4O. The lowest BCUT2D eigenvalue weighted by Crippen LogP contribution is -2.00. The van der Waals surface area contributed by atoms with Gasteiger partial charge in [0.25, 0.3) is 0 Å². The zero-order valence-electron chi connectivity index (χ0n) is 9.72. The Hall–Kier alpha value is -1.46. The van der Waals surface area contributed by atoms with Gasteiger partial charge >= 0.3 is 0 Å². The minimum atomic E-state index is 0.365. The van der Waals surface area contributed by atoms with Crippen molar-refractivity contribution in [3.05, 3.63) is 29.4 Å². The Kier molecular flexibility index (Phi) is 3.71. The van der Waals surface area contributed by atoms with E-state index in [4.69, 9.17) is 16.3 Å². The topological polar surface area (TPSA) is 52.8 Å². The number of aromatic nitrogens is 4. The van der Waals surface area contributed by atoms with E-state index in [-0.39, 0.29) is 0 Å². The molecule has 0 aromatic carbocycles. The second-order valence-corrected chi connectivity index (χ2v) is 3.92. The molecule has 2 aromatic rings. The first-order chi connectivity index (χ1) is 8.19. The third-order valence-corrected chi connectivity index (χ3v) is 2.37. The van der Waals surface area contributed by atoms with Gasteiger partial charge in [-0.25, -0.2) is 9.97 Å². The van der Waals surface area contributed by atoms with Crippen molar-refractivity contribution >= 4 is 11.6 Å². The van der Waals surface area contributed by atoms with Crippen LogP contribution in [0.2, 0.25) is 5.15 Å². The molecule has 0 aliphatic carbocycles. The molecule has 0 fully saturated rings. The van der Waals surface area contributed by atoms with E-state index >= 15 is 0 Å². The van der Waals surface area contributed by atoms with E-state index in [0.717, 1.165) is 11.3 Å². The Balaban J connectivity index is 2.31. The molecule has 0 bridgehead atoms. The lowest BCUT2D eigenvalue weighted by atomic mass is 10.2. The normalized spacial score (nSPS) is 10.8. The first-order valence-electron chi connectivity index (χ1n) is 5.29. The van der Waals surface area contributed by atoms with Crippen LogP contribution in [0.4, 0.5) is 0 Å². The highest BCUT2D eigenvalue weighted by molar-refractivity contribution is 6.29. The second kappa shape index (κ2) is 5.25. The largest absolute Gasteiger partial charge is 0.374 e. The summed E-state index contributed by atoms with van der Waals surface area (Å²) in [5.41, 5.74) is 1.67. The molecule has 0 aliphatic rings. The monoisotopic (exact) mass is 252 g/mol. The van der Waals surface area contributed by atoms with E-state index in [1.807, 2.05) is 20.2 Å². The number of aryl methyl sites for hydroxylation is 1. The predicted octanol–water partition coefficient (Wildman–Crippen LogP) is 2.07. The second-order valence-electron chi connectivity index (χ2n) is 3.53. The number of hydrogen-bond donors (Lipinski definition) is 0. The molecule has 2 heterocycles. The molecule has 6 heteroatoms. The third-order valence-electron chi connectivity index (χ3n) is 2.18. The number of rotatable bonds is 4. The van der Waals surface area contributed by atoms with Crippen molar-refractivity contribution in [2.45, 2.75) is 13.5 Å². The van der Waals surface area contributed by atoms with Crippen LogP contribution in [0.5, 0.6) is 0 Å². The van der Waals surface area contributed by atoms with Gasteiger partial charge in [0.15, 0.2) is 5.82 Å². The third kappa shape index (κ3) is 3.01. The summed E-state index contributed by atoms with van der Waals surface area (Å²) < 4.78 is 6.98. The molecule has 0 radical (unpaired) electrons. The summed E-state index contributed by atoms with van der Waals surface area (Å²) in [5.74, 6) is 0.582. The summed E-state index contributed by atoms with van der Waals surface area (Å²) in [7, 11) is 1.85. The number of halogens is 1. The molecule has 0 saturated heterocycles. The summed E-state index contributed by atoms with van der Waals surface area (Å²) in [4.78, 5) is 8.49. The fraction of sp³-hybridized carbons (Fsp3) is 0.364. The molecule has 0 aliphatic heterocycles. The number of nitrogens with zero attached hydrogens (tertiary/aromatic N) is 4. The molecule has 0 spiro atoms. The van der Waals surface area contributed by atoms with Gasteiger partial charge in [0.2, 0.25) is 0 Å². The van der Waals surface area contributed by atoms with Crippen LogP contribution in [-0.2, 0) is 18.4 Å². The highest BCUT2D eigenvalue weighted by atomic mass is 35.5. The van der Waals surface area contributed by atoms with Crippen LogP contribution >= 0.6 is 11.6 Å². The molecule has 0 unspecified atom stereocenters. The van der Waals surface area contributed by atoms with Crippen LogP contribution in [0.3, 0.4) is 0 Å². The molecule has 2 rings (SSSR count). The van der Waals surface area contributed by atoms with Crippen molar-refractivity contribution in [2.24, 2.45) is 7.05 Å². The van der Waals surface area contributed by atoms with Crippen molar-refractivity contribution in [1.82, 2.24) is 19.7 Å². The van der Waals surface area contributed by atoms with Gasteiger partial charge < -0.3 is 4.74 Å². The van der Waals surface area contributed by atoms with Gasteiger partial charge in [-0.2, -0.15) is 5.10 Å². The quantitative estimate of drug-likeness (QED) is 0.782. The van der Waals surface area contributed by atoms with Crippen LogP contribution in [0.15, 0.2) is 18.5 Å². The first kappa shape index (κ1) is 12.0. The van der Waals surface area contributed by atoms with Gasteiger partial charge in [0, 0.05) is 31.5 Å². The predicted molar refractivity (Wildman–Crippen MR) is 64.6 cm³/mol. The van der Waals surface area contributed by atoms with Gasteiger partial charge in [-0.3, -0.25) is 4.68 Å². The van der Waals surface area contributed by atoms with Crippen molar-refractivity contribution < 1.29 is 4.74 Å². The Morgan fingerprint density at radius 2 is 2.24 bits per heavy atom. The Bertz CT molecular complexity index is 512. The Morgan fingerprint density at radius 3 is 2.88 bits per heavy atom. The Labute approximate surface area is 104 Å². The summed E-state index contributed by atoms with van der Waals surface area (Å²) in [6.07, 6.45) is 3.62. The molecule has 90 valence electrons. The van der Waals surface area contributed by atoms with Crippen LogP contribution in [0, 0.1) is 0 Å². The minimum Gasteiger partial charge on any atom is -0.374 e. The smallest absolute Gasteiger partial charge is 0.156 e. The maximum Gasteiger partial charge on any atom is 0.156 e. The van der Waals surface area contributed by atoms with Crippen LogP contribution < -0.4 is 0 Å². The lowest BCUT2D eigenvalue weighted by molar-refractivity contribution is 0.128. The average Bonchev–Trinajstić information content (AvgIpc) is 2.72. The van der Waals surface area contributed by atoms with Crippen LogP contribution in [-0.4, -0.2) is 26.4 Å². The van der Waals surface area contributed by atoms with Crippen molar-refractivity contribution in [2.75, 3.05) is 6.61 Å². The molecule has 2 aromatic heterocycles. The van der Waals surface area contributed by atoms with Crippen molar-refractivity contribution in [3.8, 4) is 11.3 Å². The van der Waals surface area contributed by atoms with E-state index in [0.29, 0.717) is 24.2 Å². The van der Waals surface area contributed by atoms with E-state index in [9.17, 15) is 0 Å². The van der Waals surface area contributed by atoms with Gasteiger partial charge in [0.1, 0.15) is 11.8 Å².